The molecular formula is C28H27N3O3S. The molecule has 4 rings (SSSR count). The van der Waals surface area contributed by atoms with Crippen LogP contribution in [-0.2, 0) is 14.3 Å². The van der Waals surface area contributed by atoms with Crippen molar-refractivity contribution in [3.8, 4) is 0 Å². The molecule has 178 valence electrons. The van der Waals surface area contributed by atoms with E-state index in [4.69, 9.17) is 9.73 Å². The second-order valence-corrected chi connectivity index (χ2v) is 8.86. The van der Waals surface area contributed by atoms with Crippen LogP contribution in [0.5, 0.6) is 0 Å². The number of anilines is 1. The van der Waals surface area contributed by atoms with E-state index in [2.05, 4.69) is 10.6 Å². The molecule has 0 aromatic heterocycles. The minimum absolute atomic E-state index is 0.133. The molecule has 0 unspecified atom stereocenters. The Labute approximate surface area is 209 Å². The van der Waals surface area contributed by atoms with E-state index in [0.29, 0.717) is 16.4 Å². The van der Waals surface area contributed by atoms with Crippen LogP contribution < -0.4 is 10.6 Å². The Morgan fingerprint density at radius 1 is 0.971 bits per heavy atom. The highest BCUT2D eigenvalue weighted by atomic mass is 32.2. The van der Waals surface area contributed by atoms with Crippen LogP contribution in [-0.4, -0.2) is 29.4 Å². The molecule has 0 saturated heterocycles. The molecule has 3 aromatic carbocycles. The zero-order valence-corrected chi connectivity index (χ0v) is 20.5. The van der Waals surface area contributed by atoms with E-state index < -0.39 is 12.0 Å². The third kappa shape index (κ3) is 6.00. The molecule has 7 heteroatoms. The number of hydrogen-bond donors (Lipinski definition) is 2. The zero-order valence-electron chi connectivity index (χ0n) is 19.7. The highest BCUT2D eigenvalue weighted by molar-refractivity contribution is 8.14. The molecule has 0 fully saturated rings. The maximum Gasteiger partial charge on any atom is 0.338 e. The summed E-state index contributed by atoms with van der Waals surface area (Å²) in [5.41, 5.74) is 4.57. The Kier molecular flexibility index (Phi) is 8.00. The van der Waals surface area contributed by atoms with Crippen LogP contribution in [0.2, 0.25) is 0 Å². The predicted molar refractivity (Wildman–Crippen MR) is 142 cm³/mol. The molecular weight excluding hydrogens is 458 g/mol. The first-order valence-corrected chi connectivity index (χ1v) is 12.4. The number of amidine groups is 1. The Morgan fingerprint density at radius 2 is 1.63 bits per heavy atom. The van der Waals surface area contributed by atoms with Crippen molar-refractivity contribution in [3.63, 3.8) is 0 Å². The highest BCUT2D eigenvalue weighted by Gasteiger charge is 2.32. The molecule has 35 heavy (non-hydrogen) atoms. The van der Waals surface area contributed by atoms with Crippen molar-refractivity contribution >= 4 is 40.2 Å². The van der Waals surface area contributed by atoms with Gasteiger partial charge >= 0.3 is 5.97 Å². The summed E-state index contributed by atoms with van der Waals surface area (Å²) in [5, 5.41) is 6.81. The molecule has 1 aliphatic heterocycles. The quantitative estimate of drug-likeness (QED) is 0.442. The second kappa shape index (κ2) is 11.5. The lowest BCUT2D eigenvalue weighted by Gasteiger charge is -2.27. The molecule has 0 aliphatic carbocycles. The largest absolute Gasteiger partial charge is 0.463 e. The number of ether oxygens (including phenoxy) is 1. The Bertz CT molecular complexity index is 1260. The molecule has 0 spiro atoms. The third-order valence-electron chi connectivity index (χ3n) is 5.45. The summed E-state index contributed by atoms with van der Waals surface area (Å²) in [4.78, 5) is 30.6. The van der Waals surface area contributed by atoms with Gasteiger partial charge in [-0.15, -0.1) is 0 Å². The molecule has 1 heterocycles. The van der Waals surface area contributed by atoms with E-state index in [-0.39, 0.29) is 18.3 Å². The highest BCUT2D eigenvalue weighted by Crippen LogP contribution is 2.36. The summed E-state index contributed by atoms with van der Waals surface area (Å²) < 4.78 is 5.42. The summed E-state index contributed by atoms with van der Waals surface area (Å²) in [7, 11) is 0. The fourth-order valence-electron chi connectivity index (χ4n) is 3.76. The van der Waals surface area contributed by atoms with Gasteiger partial charge in [-0.1, -0.05) is 90.6 Å². The summed E-state index contributed by atoms with van der Waals surface area (Å²) >= 11 is 1.30. The van der Waals surface area contributed by atoms with E-state index in [9.17, 15) is 9.59 Å². The van der Waals surface area contributed by atoms with Crippen molar-refractivity contribution in [3.05, 3.63) is 107 Å². The normalized spacial score (nSPS) is 15.1. The first-order valence-electron chi connectivity index (χ1n) is 11.4. The van der Waals surface area contributed by atoms with Gasteiger partial charge in [0.05, 0.1) is 23.6 Å². The maximum absolute atomic E-state index is 13.1. The van der Waals surface area contributed by atoms with Crippen molar-refractivity contribution in [2.24, 2.45) is 4.99 Å². The van der Waals surface area contributed by atoms with Crippen molar-refractivity contribution in [2.45, 2.75) is 19.9 Å². The van der Waals surface area contributed by atoms with E-state index in [1.807, 2.05) is 91.9 Å². The monoisotopic (exact) mass is 485 g/mol. The first-order chi connectivity index (χ1) is 17.1. The van der Waals surface area contributed by atoms with Crippen LogP contribution in [0.3, 0.4) is 0 Å². The molecule has 1 atom stereocenters. The lowest BCUT2D eigenvalue weighted by atomic mass is 9.94. The molecule has 1 amide bonds. The van der Waals surface area contributed by atoms with Gasteiger partial charge in [-0.2, -0.15) is 0 Å². The maximum atomic E-state index is 13.1. The number of carbonyl (C=O) groups is 2. The van der Waals surface area contributed by atoms with E-state index in [0.717, 1.165) is 22.4 Å². The first kappa shape index (κ1) is 24.3. The van der Waals surface area contributed by atoms with Crippen molar-refractivity contribution in [1.29, 1.82) is 0 Å². The summed E-state index contributed by atoms with van der Waals surface area (Å²) in [6, 6.07) is 26.3. The van der Waals surface area contributed by atoms with Gasteiger partial charge in [0, 0.05) is 5.69 Å². The van der Waals surface area contributed by atoms with E-state index >= 15 is 0 Å². The number of rotatable bonds is 7. The van der Waals surface area contributed by atoms with Crippen LogP contribution in [0, 0.1) is 6.92 Å². The number of esters is 1. The van der Waals surface area contributed by atoms with Crippen LogP contribution in [0.1, 0.15) is 29.7 Å². The standard InChI is InChI=1S/C28H27N3O3S/c1-3-34-27(33)24-25(20-13-6-4-7-14-20)30-28(31-26(24)21-15-8-5-9-16-21)35-18-23(32)29-22-17-11-10-12-19(22)2/h4-17,25H,3,18H2,1-2H3,(H,29,32)(H,30,31)/t25-/m0/s1. The van der Waals surface area contributed by atoms with Crippen LogP contribution in [0.4, 0.5) is 5.69 Å². The SMILES string of the molecule is CCOC(=O)C1=C(c2ccccc2)NC(SCC(=O)Nc2ccccc2C)=N[C@H]1c1ccccc1. The number of amides is 1. The third-order valence-corrected chi connectivity index (χ3v) is 6.34. The van der Waals surface area contributed by atoms with Gasteiger partial charge in [-0.25, -0.2) is 9.79 Å². The molecule has 6 nitrogen and oxygen atoms in total. The number of aliphatic imine (C=N–C) groups is 1. The van der Waals surface area contributed by atoms with Crippen molar-refractivity contribution < 1.29 is 14.3 Å². The fraction of sp³-hybridized carbons (Fsp3) is 0.179. The molecule has 2 N–H and O–H groups in total. The van der Waals surface area contributed by atoms with Gasteiger partial charge in [0.25, 0.3) is 0 Å². The fourth-order valence-corrected chi connectivity index (χ4v) is 4.46. The lowest BCUT2D eigenvalue weighted by Crippen LogP contribution is -2.31. The number of benzene rings is 3. The van der Waals surface area contributed by atoms with Gasteiger partial charge in [0.15, 0.2) is 5.17 Å². The average molecular weight is 486 g/mol. The number of carbonyl (C=O) groups excluding carboxylic acids is 2. The molecule has 0 bridgehead atoms. The summed E-state index contributed by atoms with van der Waals surface area (Å²) in [5.74, 6) is -0.386. The molecule has 1 aliphatic rings. The van der Waals surface area contributed by atoms with Crippen LogP contribution in [0.25, 0.3) is 5.70 Å². The van der Waals surface area contributed by atoms with Gasteiger partial charge in [-0.05, 0) is 36.6 Å². The van der Waals surface area contributed by atoms with Gasteiger partial charge in [-0.3, -0.25) is 4.79 Å². The number of para-hydroxylation sites is 1. The number of nitrogens with one attached hydrogen (secondary N) is 2. The predicted octanol–water partition coefficient (Wildman–Crippen LogP) is 5.34. The van der Waals surface area contributed by atoms with Crippen molar-refractivity contribution in [1.82, 2.24) is 5.32 Å². The van der Waals surface area contributed by atoms with Crippen molar-refractivity contribution in [2.75, 3.05) is 17.7 Å². The van der Waals surface area contributed by atoms with Crippen LogP contribution in [0.15, 0.2) is 95.5 Å². The molecule has 0 radical (unpaired) electrons. The van der Waals surface area contributed by atoms with E-state index in [1.165, 1.54) is 11.8 Å². The number of thioether (sulfide) groups is 1. The molecule has 3 aromatic rings. The average Bonchev–Trinajstić information content (AvgIpc) is 2.89. The minimum atomic E-state index is -0.561. The minimum Gasteiger partial charge on any atom is -0.463 e. The van der Waals surface area contributed by atoms with E-state index in [1.54, 1.807) is 6.92 Å². The Morgan fingerprint density at radius 3 is 2.31 bits per heavy atom. The summed E-state index contributed by atoms with van der Waals surface area (Å²) in [6.45, 7) is 4.00. The zero-order chi connectivity index (χ0) is 24.6. The van der Waals surface area contributed by atoms with Crippen LogP contribution >= 0.6 is 11.8 Å². The molecule has 0 saturated carbocycles. The number of aryl methyl sites for hydroxylation is 1. The second-order valence-electron chi connectivity index (χ2n) is 7.90. The Hall–Kier alpha value is -3.84. The Balaban J connectivity index is 1.64. The van der Waals surface area contributed by atoms with Gasteiger partial charge in [0.1, 0.15) is 6.04 Å². The lowest BCUT2D eigenvalue weighted by molar-refractivity contribution is -0.138. The summed E-state index contributed by atoms with van der Waals surface area (Å²) in [6.07, 6.45) is 0. The number of hydrogen-bond acceptors (Lipinski definition) is 6. The van der Waals surface area contributed by atoms with Gasteiger partial charge < -0.3 is 15.4 Å². The topological polar surface area (TPSA) is 79.8 Å². The number of nitrogens with zero attached hydrogens (tertiary/aromatic N) is 1. The smallest absolute Gasteiger partial charge is 0.338 e. The van der Waals surface area contributed by atoms with Gasteiger partial charge in [0.2, 0.25) is 5.91 Å².